The molecule has 19 heavy (non-hydrogen) atoms. The molecule has 0 saturated heterocycles. The zero-order chi connectivity index (χ0) is 13.8. The second-order valence-electron chi connectivity index (χ2n) is 4.00. The zero-order valence-electron chi connectivity index (χ0n) is 10.7. The van der Waals surface area contributed by atoms with Gasteiger partial charge in [-0.15, -0.1) is 5.10 Å². The molecule has 5 nitrogen and oxygen atoms in total. The van der Waals surface area contributed by atoms with Crippen LogP contribution in [-0.2, 0) is 13.6 Å². The summed E-state index contributed by atoms with van der Waals surface area (Å²) in [7, 11) is 1.68. The number of H-pyrrole nitrogens is 1. The van der Waals surface area contributed by atoms with Crippen LogP contribution in [0.3, 0.4) is 0 Å². The number of hydrogen-bond acceptors (Lipinski definition) is 4. The highest BCUT2D eigenvalue weighted by atomic mass is 35.5. The molecule has 2 aromatic rings. The van der Waals surface area contributed by atoms with Crippen molar-refractivity contribution in [1.82, 2.24) is 20.1 Å². The fraction of sp³-hybridized carbons (Fsp3) is 0.333. The van der Waals surface area contributed by atoms with Gasteiger partial charge < -0.3 is 5.32 Å². The van der Waals surface area contributed by atoms with Crippen LogP contribution < -0.4 is 11.0 Å². The van der Waals surface area contributed by atoms with E-state index < -0.39 is 0 Å². The van der Waals surface area contributed by atoms with Gasteiger partial charge in [0.1, 0.15) is 0 Å². The third-order valence-electron chi connectivity index (χ3n) is 2.63. The summed E-state index contributed by atoms with van der Waals surface area (Å²) >= 11 is 7.45. The number of aromatic nitrogens is 3. The number of benzene rings is 1. The van der Waals surface area contributed by atoms with Gasteiger partial charge in [-0.1, -0.05) is 24.6 Å². The van der Waals surface area contributed by atoms with Crippen LogP contribution in [0.1, 0.15) is 12.5 Å². The summed E-state index contributed by atoms with van der Waals surface area (Å²) in [5, 5.41) is 11.0. The molecule has 1 aromatic carbocycles. The number of aromatic amines is 1. The molecule has 1 heterocycles. The molecular formula is C12H15ClN4OS. The largest absolute Gasteiger partial charge is 0.343 e. The van der Waals surface area contributed by atoms with Crippen molar-refractivity contribution >= 4 is 23.4 Å². The molecule has 0 unspecified atom stereocenters. The molecule has 0 radical (unpaired) electrons. The van der Waals surface area contributed by atoms with E-state index in [-0.39, 0.29) is 5.69 Å². The minimum atomic E-state index is -0.224. The van der Waals surface area contributed by atoms with Crippen molar-refractivity contribution in [3.05, 3.63) is 39.3 Å². The Morgan fingerprint density at radius 2 is 2.32 bits per heavy atom. The summed E-state index contributed by atoms with van der Waals surface area (Å²) in [5.74, 6) is 0. The highest BCUT2D eigenvalue weighted by Gasteiger charge is 2.10. The molecule has 0 aliphatic rings. The molecule has 0 aliphatic heterocycles. The van der Waals surface area contributed by atoms with Gasteiger partial charge in [0, 0.05) is 23.5 Å². The number of nitrogens with one attached hydrogen (secondary N) is 2. The first-order chi connectivity index (χ1) is 9.11. The Labute approximate surface area is 120 Å². The molecule has 0 aliphatic carbocycles. The van der Waals surface area contributed by atoms with Crippen LogP contribution >= 0.6 is 23.4 Å². The summed E-state index contributed by atoms with van der Waals surface area (Å²) in [5.41, 5.74) is 0.907. The Balaban J connectivity index is 2.29. The lowest BCUT2D eigenvalue weighted by molar-refractivity contribution is 0.716. The van der Waals surface area contributed by atoms with Crippen LogP contribution in [0.2, 0.25) is 5.02 Å². The highest BCUT2D eigenvalue weighted by Crippen LogP contribution is 2.30. The van der Waals surface area contributed by atoms with Gasteiger partial charge in [-0.2, -0.15) is 0 Å². The van der Waals surface area contributed by atoms with Crippen molar-refractivity contribution in [2.75, 3.05) is 6.54 Å². The number of hydrogen-bond donors (Lipinski definition) is 2. The van der Waals surface area contributed by atoms with Crippen molar-refractivity contribution in [2.45, 2.75) is 23.5 Å². The van der Waals surface area contributed by atoms with Crippen LogP contribution in [0.4, 0.5) is 0 Å². The summed E-state index contributed by atoms with van der Waals surface area (Å²) in [6, 6.07) is 5.73. The van der Waals surface area contributed by atoms with Gasteiger partial charge in [-0.3, -0.25) is 4.57 Å². The van der Waals surface area contributed by atoms with E-state index >= 15 is 0 Å². The lowest BCUT2D eigenvalue weighted by Crippen LogP contribution is -2.13. The topological polar surface area (TPSA) is 62.7 Å². The van der Waals surface area contributed by atoms with Gasteiger partial charge in [0.25, 0.3) is 0 Å². The Kier molecular flexibility index (Phi) is 4.68. The Morgan fingerprint density at radius 3 is 2.95 bits per heavy atom. The van der Waals surface area contributed by atoms with E-state index in [0.717, 1.165) is 23.5 Å². The lowest BCUT2D eigenvalue weighted by atomic mass is 10.2. The average Bonchev–Trinajstić information content (AvgIpc) is 2.70. The molecule has 0 saturated carbocycles. The van der Waals surface area contributed by atoms with Crippen molar-refractivity contribution in [3.63, 3.8) is 0 Å². The van der Waals surface area contributed by atoms with Gasteiger partial charge in [0.2, 0.25) is 0 Å². The Hall–Kier alpha value is -1.24. The van der Waals surface area contributed by atoms with Crippen LogP contribution in [0, 0.1) is 0 Å². The standard InChI is InChI=1S/C12H15ClN4OS/c1-3-14-7-8-4-5-9(13)6-10(8)19-12-16-15-11(18)17(12)2/h4-6,14H,3,7H2,1-2H3,(H,15,18). The number of nitrogens with zero attached hydrogens (tertiary/aromatic N) is 2. The zero-order valence-corrected chi connectivity index (χ0v) is 12.3. The van der Waals surface area contributed by atoms with Crippen molar-refractivity contribution < 1.29 is 0 Å². The van der Waals surface area contributed by atoms with Crippen LogP contribution in [0.15, 0.2) is 33.0 Å². The normalized spacial score (nSPS) is 10.9. The maximum atomic E-state index is 11.3. The first-order valence-electron chi connectivity index (χ1n) is 5.90. The molecule has 102 valence electrons. The van der Waals surface area contributed by atoms with Crippen molar-refractivity contribution in [1.29, 1.82) is 0 Å². The van der Waals surface area contributed by atoms with Crippen LogP contribution in [0.5, 0.6) is 0 Å². The highest BCUT2D eigenvalue weighted by molar-refractivity contribution is 7.99. The Bertz CT molecular complexity index is 622. The van der Waals surface area contributed by atoms with Crippen molar-refractivity contribution in [3.8, 4) is 0 Å². The second kappa shape index (κ2) is 6.27. The van der Waals surface area contributed by atoms with E-state index in [9.17, 15) is 4.79 Å². The number of rotatable bonds is 5. The predicted octanol–water partition coefficient (Wildman–Crippen LogP) is 2.02. The fourth-order valence-corrected chi connectivity index (χ4v) is 2.75. The van der Waals surface area contributed by atoms with Crippen molar-refractivity contribution in [2.24, 2.45) is 7.05 Å². The third-order valence-corrected chi connectivity index (χ3v) is 4.02. The monoisotopic (exact) mass is 298 g/mol. The third kappa shape index (κ3) is 3.40. The Morgan fingerprint density at radius 1 is 1.53 bits per heavy atom. The summed E-state index contributed by atoms with van der Waals surface area (Å²) in [6.45, 7) is 3.71. The van der Waals surface area contributed by atoms with Gasteiger partial charge in [-0.05, 0) is 36.0 Å². The molecule has 2 N–H and O–H groups in total. The molecule has 0 spiro atoms. The summed E-state index contributed by atoms with van der Waals surface area (Å²) in [4.78, 5) is 12.3. The van der Waals surface area contributed by atoms with Gasteiger partial charge in [-0.25, -0.2) is 9.89 Å². The minimum Gasteiger partial charge on any atom is -0.313 e. The maximum Gasteiger partial charge on any atom is 0.343 e. The lowest BCUT2D eigenvalue weighted by Gasteiger charge is -2.09. The van der Waals surface area contributed by atoms with Gasteiger partial charge in [0.05, 0.1) is 0 Å². The van der Waals surface area contributed by atoms with E-state index in [1.165, 1.54) is 16.3 Å². The second-order valence-corrected chi connectivity index (χ2v) is 5.45. The van der Waals surface area contributed by atoms with Gasteiger partial charge >= 0.3 is 5.69 Å². The summed E-state index contributed by atoms with van der Waals surface area (Å²) in [6.07, 6.45) is 0. The molecular weight excluding hydrogens is 284 g/mol. The fourth-order valence-electron chi connectivity index (χ4n) is 1.55. The van der Waals surface area contributed by atoms with E-state index in [1.54, 1.807) is 7.05 Å². The van der Waals surface area contributed by atoms with Crippen LogP contribution in [0.25, 0.3) is 0 Å². The van der Waals surface area contributed by atoms with E-state index in [0.29, 0.717) is 10.2 Å². The maximum absolute atomic E-state index is 11.3. The molecule has 0 amide bonds. The first kappa shape index (κ1) is 14.2. The summed E-state index contributed by atoms with van der Waals surface area (Å²) < 4.78 is 1.47. The number of halogens is 1. The molecule has 2 rings (SSSR count). The quantitative estimate of drug-likeness (QED) is 0.886. The minimum absolute atomic E-state index is 0.224. The molecule has 0 atom stereocenters. The molecule has 0 fully saturated rings. The SMILES string of the molecule is CCNCc1ccc(Cl)cc1Sc1n[nH]c(=O)n1C. The average molecular weight is 299 g/mol. The van der Waals surface area contributed by atoms with E-state index in [1.807, 2.05) is 18.2 Å². The van der Waals surface area contributed by atoms with E-state index in [4.69, 9.17) is 11.6 Å². The molecule has 7 heteroatoms. The molecule has 1 aromatic heterocycles. The first-order valence-corrected chi connectivity index (χ1v) is 7.09. The van der Waals surface area contributed by atoms with E-state index in [2.05, 4.69) is 22.4 Å². The van der Waals surface area contributed by atoms with Crippen LogP contribution in [-0.4, -0.2) is 21.3 Å². The van der Waals surface area contributed by atoms with Gasteiger partial charge in [0.15, 0.2) is 5.16 Å². The smallest absolute Gasteiger partial charge is 0.313 e. The predicted molar refractivity (Wildman–Crippen MR) is 76.8 cm³/mol. The molecule has 0 bridgehead atoms.